The van der Waals surface area contributed by atoms with Gasteiger partial charge in [-0.2, -0.15) is 8.42 Å². The van der Waals surface area contributed by atoms with E-state index in [0.29, 0.717) is 10.9 Å². The Morgan fingerprint density at radius 2 is 2.12 bits per heavy atom. The third kappa shape index (κ3) is 3.02. The summed E-state index contributed by atoms with van der Waals surface area (Å²) in [6, 6.07) is 5.92. The minimum Gasteiger partial charge on any atom is -0.285 e. The van der Waals surface area contributed by atoms with Gasteiger partial charge in [-0.25, -0.2) is 4.98 Å². The Hall–Kier alpha value is -0.980. The van der Waals surface area contributed by atoms with Gasteiger partial charge in [0.1, 0.15) is 10.8 Å². The van der Waals surface area contributed by atoms with Crippen molar-refractivity contribution >= 4 is 31.7 Å². The first-order chi connectivity index (χ1) is 7.85. The summed E-state index contributed by atoms with van der Waals surface area (Å²) in [5.74, 6) is -0.00489. The highest BCUT2D eigenvalue weighted by molar-refractivity contribution is 7.85. The number of hydrogen-bond acceptors (Lipinski definition) is 4. The predicted molar refractivity (Wildman–Crippen MR) is 69.0 cm³/mol. The van der Waals surface area contributed by atoms with Crippen LogP contribution in [0.15, 0.2) is 18.2 Å². The molecule has 0 saturated heterocycles. The van der Waals surface area contributed by atoms with Gasteiger partial charge in [-0.3, -0.25) is 4.55 Å². The highest BCUT2D eigenvalue weighted by Gasteiger charge is 2.12. The fraction of sp³-hybridized carbons (Fsp3) is 0.364. The van der Waals surface area contributed by atoms with Crippen molar-refractivity contribution in [3.63, 3.8) is 0 Å². The summed E-state index contributed by atoms with van der Waals surface area (Å²) in [6.45, 7) is 4.18. The summed E-state index contributed by atoms with van der Waals surface area (Å²) in [4.78, 5) is 4.22. The Kier molecular flexibility index (Phi) is 3.20. The lowest BCUT2D eigenvalue weighted by molar-refractivity contribution is 0.482. The molecule has 0 aliphatic rings. The molecule has 0 spiro atoms. The minimum absolute atomic E-state index is 0.408. The second-order valence-electron chi connectivity index (χ2n) is 4.22. The van der Waals surface area contributed by atoms with E-state index >= 15 is 0 Å². The van der Waals surface area contributed by atoms with E-state index in [1.54, 1.807) is 0 Å². The summed E-state index contributed by atoms with van der Waals surface area (Å²) in [7, 11) is -4.00. The van der Waals surface area contributed by atoms with Crippen LogP contribution in [0.4, 0.5) is 0 Å². The summed E-state index contributed by atoms with van der Waals surface area (Å²) >= 11 is 1.29. The van der Waals surface area contributed by atoms with Crippen molar-refractivity contribution < 1.29 is 13.0 Å². The monoisotopic (exact) mass is 271 g/mol. The van der Waals surface area contributed by atoms with Gasteiger partial charge in [-0.15, -0.1) is 11.3 Å². The molecule has 1 N–H and O–H groups in total. The van der Waals surface area contributed by atoms with Gasteiger partial charge in [0.05, 0.1) is 10.2 Å². The van der Waals surface area contributed by atoms with Crippen molar-refractivity contribution in [1.82, 2.24) is 4.98 Å². The smallest absolute Gasteiger partial charge is 0.271 e. The Balaban J connectivity index is 2.44. The largest absolute Gasteiger partial charge is 0.285 e. The number of benzene rings is 1. The van der Waals surface area contributed by atoms with Gasteiger partial charge in [-0.05, 0) is 23.6 Å². The third-order valence-electron chi connectivity index (χ3n) is 2.43. The Morgan fingerprint density at radius 3 is 2.71 bits per heavy atom. The van der Waals surface area contributed by atoms with Crippen molar-refractivity contribution in [3.05, 3.63) is 28.8 Å². The molecule has 2 rings (SSSR count). The Bertz CT molecular complexity index is 644. The summed E-state index contributed by atoms with van der Waals surface area (Å²) in [6.07, 6.45) is 0. The fourth-order valence-corrected chi connectivity index (χ4v) is 3.37. The van der Waals surface area contributed by atoms with Crippen LogP contribution < -0.4 is 0 Å². The molecule has 0 amide bonds. The van der Waals surface area contributed by atoms with Crippen molar-refractivity contribution in [2.75, 3.05) is 0 Å². The predicted octanol–water partition coefficient (Wildman–Crippen LogP) is 2.81. The summed E-state index contributed by atoms with van der Waals surface area (Å²) < 4.78 is 31.3. The third-order valence-corrected chi connectivity index (χ3v) is 4.29. The number of rotatable bonds is 3. The van der Waals surface area contributed by atoms with Crippen molar-refractivity contribution in [1.29, 1.82) is 0 Å². The lowest BCUT2D eigenvalue weighted by Crippen LogP contribution is -2.00. The van der Waals surface area contributed by atoms with E-state index in [9.17, 15) is 8.42 Å². The van der Waals surface area contributed by atoms with Gasteiger partial charge >= 0.3 is 0 Å². The van der Waals surface area contributed by atoms with E-state index in [1.165, 1.54) is 16.9 Å². The van der Waals surface area contributed by atoms with E-state index in [1.807, 2.05) is 18.2 Å². The number of nitrogens with zero attached hydrogens (tertiary/aromatic N) is 1. The molecule has 0 radical (unpaired) electrons. The SMILES string of the molecule is CC(C)c1ccc2sc(CS(=O)(=O)O)nc2c1. The highest BCUT2D eigenvalue weighted by Crippen LogP contribution is 2.26. The maximum absolute atomic E-state index is 10.8. The van der Waals surface area contributed by atoms with Crippen molar-refractivity contribution in [3.8, 4) is 0 Å². The van der Waals surface area contributed by atoms with Crippen LogP contribution in [0.25, 0.3) is 10.2 Å². The normalized spacial score (nSPS) is 12.5. The molecule has 4 nitrogen and oxygen atoms in total. The lowest BCUT2D eigenvalue weighted by Gasteiger charge is -2.03. The Morgan fingerprint density at radius 1 is 1.41 bits per heavy atom. The molecule has 6 heteroatoms. The van der Waals surface area contributed by atoms with Gasteiger partial charge < -0.3 is 0 Å². The quantitative estimate of drug-likeness (QED) is 0.872. The molecule has 0 atom stereocenters. The average molecular weight is 271 g/mol. The zero-order chi connectivity index (χ0) is 12.6. The van der Waals surface area contributed by atoms with Crippen molar-refractivity contribution in [2.24, 2.45) is 0 Å². The van der Waals surface area contributed by atoms with Gasteiger partial charge in [0, 0.05) is 0 Å². The number of thiazole rings is 1. The van der Waals surface area contributed by atoms with Crippen molar-refractivity contribution in [2.45, 2.75) is 25.5 Å². The van der Waals surface area contributed by atoms with Crippen LogP contribution in [-0.4, -0.2) is 18.0 Å². The first-order valence-electron chi connectivity index (χ1n) is 5.20. The molecule has 1 heterocycles. The van der Waals surface area contributed by atoms with E-state index in [4.69, 9.17) is 4.55 Å². The first-order valence-corrected chi connectivity index (χ1v) is 7.62. The minimum atomic E-state index is -4.00. The lowest BCUT2D eigenvalue weighted by atomic mass is 10.0. The van der Waals surface area contributed by atoms with Crippen LogP contribution in [0.5, 0.6) is 0 Å². The maximum Gasteiger partial charge on any atom is 0.271 e. The standard InChI is InChI=1S/C11H13NO3S2/c1-7(2)8-3-4-10-9(5-8)12-11(16-10)6-17(13,14)15/h3-5,7H,6H2,1-2H3,(H,13,14,15). The molecule has 2 aromatic rings. The molecule has 17 heavy (non-hydrogen) atoms. The zero-order valence-electron chi connectivity index (χ0n) is 9.54. The Labute approximate surface area is 104 Å². The molecule has 1 aromatic heterocycles. The zero-order valence-corrected chi connectivity index (χ0v) is 11.2. The van der Waals surface area contributed by atoms with Crippen LogP contribution in [0.2, 0.25) is 0 Å². The van der Waals surface area contributed by atoms with E-state index < -0.39 is 15.9 Å². The summed E-state index contributed by atoms with van der Waals surface area (Å²) in [5, 5.41) is 0.420. The van der Waals surface area contributed by atoms with Gasteiger partial charge in [-0.1, -0.05) is 19.9 Å². The van der Waals surface area contributed by atoms with E-state index in [-0.39, 0.29) is 0 Å². The molecule has 92 valence electrons. The van der Waals surface area contributed by atoms with Crippen LogP contribution >= 0.6 is 11.3 Å². The van der Waals surface area contributed by atoms with Crippen LogP contribution in [0, 0.1) is 0 Å². The molecule has 1 aromatic carbocycles. The number of aromatic nitrogens is 1. The van der Waals surface area contributed by atoms with Gasteiger partial charge in [0.15, 0.2) is 0 Å². The molecule has 0 fully saturated rings. The molecule has 0 aliphatic carbocycles. The number of hydrogen-bond donors (Lipinski definition) is 1. The van der Waals surface area contributed by atoms with Crippen LogP contribution in [0.3, 0.4) is 0 Å². The fourth-order valence-electron chi connectivity index (χ4n) is 1.57. The molecule has 0 saturated carbocycles. The van der Waals surface area contributed by atoms with Gasteiger partial charge in [0.25, 0.3) is 10.1 Å². The second kappa shape index (κ2) is 4.36. The van der Waals surface area contributed by atoms with E-state index in [0.717, 1.165) is 10.2 Å². The van der Waals surface area contributed by atoms with Gasteiger partial charge in [0.2, 0.25) is 0 Å². The molecular weight excluding hydrogens is 258 g/mol. The molecule has 0 bridgehead atoms. The highest BCUT2D eigenvalue weighted by atomic mass is 32.2. The van der Waals surface area contributed by atoms with Crippen LogP contribution in [-0.2, 0) is 15.9 Å². The molecule has 0 unspecified atom stereocenters. The second-order valence-corrected chi connectivity index (χ2v) is 6.78. The van der Waals surface area contributed by atoms with E-state index in [2.05, 4.69) is 18.8 Å². The van der Waals surface area contributed by atoms with Crippen LogP contribution in [0.1, 0.15) is 30.3 Å². The number of fused-ring (bicyclic) bond motifs is 1. The first kappa shape index (κ1) is 12.5. The molecular formula is C11H13NO3S2. The topological polar surface area (TPSA) is 67.3 Å². The summed E-state index contributed by atoms with van der Waals surface area (Å²) in [5.41, 5.74) is 1.96. The molecule has 0 aliphatic heterocycles. The maximum atomic E-state index is 10.8. The average Bonchev–Trinajstić information content (AvgIpc) is 2.54.